The average molecular weight is 407 g/mol. The fraction of sp³-hybridized carbons (Fsp3) is 0.250. The highest BCUT2D eigenvalue weighted by atomic mass is 35.5. The molecule has 0 aliphatic carbocycles. The van der Waals surface area contributed by atoms with Crippen LogP contribution < -0.4 is 5.32 Å². The molecule has 0 bridgehead atoms. The largest absolute Gasteiger partial charge is 0.416 e. The molecule has 0 amide bonds. The number of halogens is 4. The molecule has 2 aromatic heterocycles. The highest BCUT2D eigenvalue weighted by Gasteiger charge is 2.31. The number of imidazole rings is 1. The molecule has 0 unspecified atom stereocenters. The van der Waals surface area contributed by atoms with Crippen LogP contribution in [0.5, 0.6) is 0 Å². The summed E-state index contributed by atoms with van der Waals surface area (Å²) in [7, 11) is 0. The molecule has 0 aliphatic rings. The molecule has 0 radical (unpaired) electrons. The zero-order valence-corrected chi connectivity index (χ0v) is 16.0. The molecule has 2 aromatic carbocycles. The highest BCUT2D eigenvalue weighted by molar-refractivity contribution is 6.31. The zero-order chi connectivity index (χ0) is 20.1. The number of alkyl halides is 3. The number of fused-ring (bicyclic) bond motifs is 2. The number of nitrogens with zero attached hydrogens (tertiary/aromatic N) is 2. The molecule has 2 N–H and O–H groups in total. The van der Waals surface area contributed by atoms with Crippen LogP contribution in [0.2, 0.25) is 5.02 Å². The molecular formula is C20H18ClF3N4. The van der Waals surface area contributed by atoms with Gasteiger partial charge in [0, 0.05) is 28.7 Å². The summed E-state index contributed by atoms with van der Waals surface area (Å²) in [4.78, 5) is 7.60. The second-order valence-electron chi connectivity index (χ2n) is 7.16. The summed E-state index contributed by atoms with van der Waals surface area (Å²) >= 11 is 6.11. The predicted molar refractivity (Wildman–Crippen MR) is 106 cm³/mol. The summed E-state index contributed by atoms with van der Waals surface area (Å²) in [5.41, 5.74) is 1.91. The Labute approximate surface area is 164 Å². The van der Waals surface area contributed by atoms with Crippen molar-refractivity contribution in [1.82, 2.24) is 14.5 Å². The molecule has 4 nitrogen and oxygen atoms in total. The van der Waals surface area contributed by atoms with Crippen molar-refractivity contribution >= 4 is 45.2 Å². The number of aromatic amines is 1. The minimum absolute atomic E-state index is 0.289. The lowest BCUT2D eigenvalue weighted by molar-refractivity contribution is -0.137. The molecule has 4 aromatic rings. The van der Waals surface area contributed by atoms with Crippen molar-refractivity contribution in [3.63, 3.8) is 0 Å². The van der Waals surface area contributed by atoms with Crippen molar-refractivity contribution < 1.29 is 13.2 Å². The van der Waals surface area contributed by atoms with E-state index in [0.29, 0.717) is 28.5 Å². The van der Waals surface area contributed by atoms with Crippen LogP contribution in [0.3, 0.4) is 0 Å². The van der Waals surface area contributed by atoms with E-state index in [0.717, 1.165) is 28.7 Å². The van der Waals surface area contributed by atoms with Gasteiger partial charge in [-0.15, -0.1) is 0 Å². The summed E-state index contributed by atoms with van der Waals surface area (Å²) < 4.78 is 41.2. The van der Waals surface area contributed by atoms with Gasteiger partial charge in [0.1, 0.15) is 0 Å². The zero-order valence-electron chi connectivity index (χ0n) is 15.2. The maximum atomic E-state index is 13.1. The second kappa shape index (κ2) is 6.74. The Morgan fingerprint density at radius 2 is 1.96 bits per heavy atom. The number of nitrogens with one attached hydrogen (secondary N) is 2. The summed E-state index contributed by atoms with van der Waals surface area (Å²) in [5, 5.41) is 4.74. The van der Waals surface area contributed by atoms with Crippen molar-refractivity contribution in [2.24, 2.45) is 5.92 Å². The Hall–Kier alpha value is -2.67. The van der Waals surface area contributed by atoms with Gasteiger partial charge >= 0.3 is 6.18 Å². The minimum atomic E-state index is -4.41. The van der Waals surface area contributed by atoms with Crippen molar-refractivity contribution in [2.45, 2.75) is 26.6 Å². The van der Waals surface area contributed by atoms with Crippen LogP contribution in [0, 0.1) is 5.92 Å². The second-order valence-corrected chi connectivity index (χ2v) is 7.59. The molecule has 146 valence electrons. The number of hydrogen-bond donors (Lipinski definition) is 2. The van der Waals surface area contributed by atoms with Gasteiger partial charge in [0.05, 0.1) is 22.3 Å². The third-order valence-corrected chi connectivity index (χ3v) is 4.75. The van der Waals surface area contributed by atoms with E-state index in [1.54, 1.807) is 12.3 Å². The first-order valence-corrected chi connectivity index (χ1v) is 9.21. The predicted octanol–water partition coefficient (Wildman–Crippen LogP) is 6.59. The van der Waals surface area contributed by atoms with Gasteiger partial charge in [-0.25, -0.2) is 4.98 Å². The van der Waals surface area contributed by atoms with E-state index >= 15 is 0 Å². The first-order valence-electron chi connectivity index (χ1n) is 8.83. The highest BCUT2D eigenvalue weighted by Crippen LogP contribution is 2.34. The maximum Gasteiger partial charge on any atom is 0.416 e. The van der Waals surface area contributed by atoms with Crippen LogP contribution in [0.25, 0.3) is 21.9 Å². The van der Waals surface area contributed by atoms with Gasteiger partial charge in [-0.05, 0) is 42.3 Å². The Bertz CT molecular complexity index is 1160. The molecular weight excluding hydrogens is 389 g/mol. The minimum Gasteiger partial charge on any atom is -0.359 e. The van der Waals surface area contributed by atoms with E-state index in [-0.39, 0.29) is 5.92 Å². The molecule has 0 saturated carbocycles. The first-order chi connectivity index (χ1) is 13.2. The third kappa shape index (κ3) is 3.42. The Morgan fingerprint density at radius 1 is 1.18 bits per heavy atom. The topological polar surface area (TPSA) is 45.6 Å². The maximum absolute atomic E-state index is 13.1. The summed E-state index contributed by atoms with van der Waals surface area (Å²) in [6, 6.07) is 9.14. The van der Waals surface area contributed by atoms with Gasteiger partial charge in [0.2, 0.25) is 5.95 Å². The van der Waals surface area contributed by atoms with Crippen molar-refractivity contribution in [3.8, 4) is 0 Å². The Kier molecular flexibility index (Phi) is 4.50. The smallest absolute Gasteiger partial charge is 0.359 e. The quantitative estimate of drug-likeness (QED) is 0.401. The van der Waals surface area contributed by atoms with E-state index in [1.807, 2.05) is 30.5 Å². The number of H-pyrrole nitrogens is 1. The fourth-order valence-electron chi connectivity index (χ4n) is 3.27. The van der Waals surface area contributed by atoms with E-state index in [9.17, 15) is 13.2 Å². The number of hydrogen-bond acceptors (Lipinski definition) is 2. The average Bonchev–Trinajstić information content (AvgIpc) is 3.15. The van der Waals surface area contributed by atoms with Gasteiger partial charge < -0.3 is 14.9 Å². The monoisotopic (exact) mass is 406 g/mol. The van der Waals surface area contributed by atoms with Crippen molar-refractivity contribution in [1.29, 1.82) is 0 Å². The molecule has 28 heavy (non-hydrogen) atoms. The van der Waals surface area contributed by atoms with E-state index in [1.165, 1.54) is 6.07 Å². The first kappa shape index (κ1) is 18.7. The van der Waals surface area contributed by atoms with E-state index < -0.39 is 11.7 Å². The molecule has 0 aliphatic heterocycles. The lowest BCUT2D eigenvalue weighted by Crippen LogP contribution is -2.08. The van der Waals surface area contributed by atoms with Crippen molar-refractivity contribution in [3.05, 3.63) is 53.2 Å². The van der Waals surface area contributed by atoms with Crippen LogP contribution in [0.4, 0.5) is 24.8 Å². The standard InChI is InChI=1S/C20H18ClF3N4/c1-11(2)10-28-18-6-3-12(20(22,23)24)7-16(18)26-19(28)27-17-9-25-15-5-4-13(21)8-14(15)17/h3-9,11,25H,10H2,1-2H3,(H,26,27). The number of anilines is 2. The number of aromatic nitrogens is 3. The molecule has 4 rings (SSSR count). The van der Waals surface area contributed by atoms with Crippen LogP contribution >= 0.6 is 11.6 Å². The Balaban J connectivity index is 1.83. The molecule has 0 spiro atoms. The normalized spacial score (nSPS) is 12.4. The lowest BCUT2D eigenvalue weighted by Gasteiger charge is -2.13. The molecule has 8 heteroatoms. The van der Waals surface area contributed by atoms with E-state index in [4.69, 9.17) is 11.6 Å². The number of rotatable bonds is 4. The van der Waals surface area contributed by atoms with Crippen LogP contribution in [-0.2, 0) is 12.7 Å². The summed E-state index contributed by atoms with van der Waals surface area (Å²) in [6.45, 7) is 4.71. The third-order valence-electron chi connectivity index (χ3n) is 4.51. The Morgan fingerprint density at radius 3 is 2.68 bits per heavy atom. The van der Waals surface area contributed by atoms with Crippen LogP contribution in [-0.4, -0.2) is 14.5 Å². The summed E-state index contributed by atoms with van der Waals surface area (Å²) in [5.74, 6) is 0.779. The van der Waals surface area contributed by atoms with Crippen LogP contribution in [0.15, 0.2) is 42.6 Å². The summed E-state index contributed by atoms with van der Waals surface area (Å²) in [6.07, 6.45) is -2.61. The SMILES string of the molecule is CC(C)Cn1c(Nc2c[nH]c3ccc(Cl)cc23)nc2cc(C(F)(F)F)ccc21. The molecule has 2 heterocycles. The lowest BCUT2D eigenvalue weighted by atomic mass is 10.2. The van der Waals surface area contributed by atoms with Crippen molar-refractivity contribution in [2.75, 3.05) is 5.32 Å². The van der Waals surface area contributed by atoms with Gasteiger partial charge in [0.25, 0.3) is 0 Å². The number of benzene rings is 2. The fourth-order valence-corrected chi connectivity index (χ4v) is 3.44. The van der Waals surface area contributed by atoms with Gasteiger partial charge in [0.15, 0.2) is 0 Å². The van der Waals surface area contributed by atoms with Gasteiger partial charge in [-0.1, -0.05) is 25.4 Å². The molecule has 0 saturated heterocycles. The van der Waals surface area contributed by atoms with Gasteiger partial charge in [-0.3, -0.25) is 0 Å². The van der Waals surface area contributed by atoms with Gasteiger partial charge in [-0.2, -0.15) is 13.2 Å². The van der Waals surface area contributed by atoms with Crippen LogP contribution in [0.1, 0.15) is 19.4 Å². The van der Waals surface area contributed by atoms with E-state index in [2.05, 4.69) is 15.3 Å². The molecule has 0 fully saturated rings. The molecule has 0 atom stereocenters.